The van der Waals surface area contributed by atoms with Gasteiger partial charge in [0.05, 0.1) is 98.8 Å². The van der Waals surface area contributed by atoms with E-state index in [1.54, 1.807) is 6.08 Å². The fraction of sp³-hybridized carbons (Fsp3) is 0.774. The van der Waals surface area contributed by atoms with Crippen LogP contribution in [-0.2, 0) is 33.2 Å². The van der Waals surface area contributed by atoms with Gasteiger partial charge in [-0.1, -0.05) is 207 Å². The molecule has 0 aromatic rings. The van der Waals surface area contributed by atoms with Gasteiger partial charge in [-0.05, 0) is 78.1 Å². The molecule has 0 radical (unpaired) electrons. The summed E-state index contributed by atoms with van der Waals surface area (Å²) in [6.45, 7) is 71.5. The minimum atomic E-state index is -1.68. The molecule has 0 rings (SSSR count). The van der Waals surface area contributed by atoms with Crippen molar-refractivity contribution in [3.63, 3.8) is 0 Å². The predicted octanol–water partition coefficient (Wildman–Crippen LogP) is 18.9. The minimum absolute atomic E-state index is 0.000394. The summed E-state index contributed by atoms with van der Waals surface area (Å²) >= 11 is 0. The van der Waals surface area contributed by atoms with Gasteiger partial charge in [-0.25, -0.2) is 4.39 Å². The maximum atomic E-state index is 11.4. The Hall–Kier alpha value is -2.31. The second-order valence-electron chi connectivity index (χ2n) is 26.2. The third-order valence-corrected chi connectivity index (χ3v) is 6.88. The Balaban J connectivity index is -0.000000137. The highest BCUT2D eigenvalue weighted by atomic mass is 19.3. The SMILES string of the molecule is C/C=C(\C)COCC(C)(C)C.C/C=C/COCC(C)(C)C.C=C(C)COCC(C)(C)C.C=CCOCC(C)(C)C.CC(C)(C)COC/C=C/F.CC(C)(C)COCC=C(F)F.CC/C=C/COCC(C)(C)C. The van der Waals surface area contributed by atoms with Crippen molar-refractivity contribution >= 4 is 0 Å². The molecular weight excluding hydrogens is 914 g/mol. The van der Waals surface area contributed by atoms with Crippen LogP contribution >= 0.6 is 0 Å². The van der Waals surface area contributed by atoms with E-state index in [2.05, 4.69) is 170 Å². The zero-order valence-corrected chi connectivity index (χ0v) is 52.2. The average molecular weight is 1040 g/mol. The topological polar surface area (TPSA) is 64.6 Å². The Morgan fingerprint density at radius 1 is 0.431 bits per heavy atom. The lowest BCUT2D eigenvalue weighted by atomic mass is 9.99. The van der Waals surface area contributed by atoms with Crippen LogP contribution < -0.4 is 0 Å². The highest BCUT2D eigenvalue weighted by molar-refractivity contribution is 4.95. The number of rotatable bonds is 22. The first kappa shape index (κ1) is 83.7. The van der Waals surface area contributed by atoms with Crippen LogP contribution in [0.15, 0.2) is 85.3 Å². The molecule has 0 spiro atoms. The van der Waals surface area contributed by atoms with E-state index in [1.165, 1.54) is 11.6 Å². The molecule has 0 bridgehead atoms. The Morgan fingerprint density at radius 3 is 1.01 bits per heavy atom. The fourth-order valence-electron chi connectivity index (χ4n) is 3.74. The predicted molar refractivity (Wildman–Crippen MR) is 311 cm³/mol. The normalized spacial score (nSPS) is 12.4. The van der Waals surface area contributed by atoms with Crippen molar-refractivity contribution in [3.8, 4) is 0 Å². The summed E-state index contributed by atoms with van der Waals surface area (Å²) in [7, 11) is 0. The Labute approximate surface area is 446 Å². The molecule has 0 fully saturated rings. The fourth-order valence-corrected chi connectivity index (χ4v) is 3.74. The molecule has 0 aliphatic heterocycles. The van der Waals surface area contributed by atoms with Gasteiger partial charge in [0, 0.05) is 6.08 Å². The molecule has 0 saturated heterocycles. The second-order valence-corrected chi connectivity index (χ2v) is 26.2. The maximum absolute atomic E-state index is 11.4. The number of ether oxygens (including phenoxy) is 7. The molecule has 0 aromatic carbocycles. The van der Waals surface area contributed by atoms with Crippen LogP contribution in [0, 0.1) is 37.9 Å². The molecule has 0 aliphatic rings. The van der Waals surface area contributed by atoms with E-state index in [0.717, 1.165) is 70.9 Å². The van der Waals surface area contributed by atoms with Crippen molar-refractivity contribution in [1.29, 1.82) is 0 Å². The summed E-state index contributed by atoms with van der Waals surface area (Å²) < 4.78 is 71.1. The third-order valence-electron chi connectivity index (χ3n) is 6.88. The lowest BCUT2D eigenvalue weighted by Gasteiger charge is -2.17. The van der Waals surface area contributed by atoms with Crippen molar-refractivity contribution in [2.24, 2.45) is 37.9 Å². The highest BCUT2D eigenvalue weighted by Crippen LogP contribution is 2.17. The maximum Gasteiger partial charge on any atom is 0.268 e. The lowest BCUT2D eigenvalue weighted by Crippen LogP contribution is -2.15. The van der Waals surface area contributed by atoms with E-state index in [0.29, 0.717) is 50.2 Å². The molecule has 72 heavy (non-hydrogen) atoms. The van der Waals surface area contributed by atoms with E-state index >= 15 is 0 Å². The molecule has 0 unspecified atom stereocenters. The van der Waals surface area contributed by atoms with Gasteiger partial charge in [-0.2, -0.15) is 8.78 Å². The Morgan fingerprint density at radius 2 is 0.736 bits per heavy atom. The van der Waals surface area contributed by atoms with Gasteiger partial charge in [-0.3, -0.25) is 0 Å². The molecule has 0 saturated carbocycles. The monoisotopic (exact) mass is 1030 g/mol. The van der Waals surface area contributed by atoms with Crippen LogP contribution in [0.5, 0.6) is 0 Å². The van der Waals surface area contributed by atoms with Gasteiger partial charge in [0.25, 0.3) is 6.08 Å². The van der Waals surface area contributed by atoms with Crippen LogP contribution in [0.25, 0.3) is 0 Å². The average Bonchev–Trinajstić information content (AvgIpc) is 3.18. The molecule has 0 N–H and O–H groups in total. The molecule has 0 atom stereocenters. The van der Waals surface area contributed by atoms with Gasteiger partial charge in [0.1, 0.15) is 0 Å². The molecule has 0 aliphatic carbocycles. The second kappa shape index (κ2) is 49.6. The van der Waals surface area contributed by atoms with E-state index in [-0.39, 0.29) is 33.7 Å². The zero-order valence-electron chi connectivity index (χ0n) is 52.2. The van der Waals surface area contributed by atoms with Gasteiger partial charge in [0.15, 0.2) is 0 Å². The summed E-state index contributed by atoms with van der Waals surface area (Å²) in [4.78, 5) is 0. The van der Waals surface area contributed by atoms with E-state index in [9.17, 15) is 13.2 Å². The standard InChI is InChI=1S/2C10H20O.2C9H18O.C8H14F2O.C8H15FO.C8H16O/c1-6-9(2)7-11-8-10(3,4)5;1-5-6-7-8-11-9-10(2,3)4;1-8(2)6-10-7-9(3,4)5;1-5-6-7-10-8-9(2,3)4;1-8(2,3)6-11-5-4-7(9)10;1-8(2,3)7-10-6-4-5-9;1-5-6-9-7-8(2,3)4/h6H,7-8H2,1-5H3;6-7H,5,8-9H2,1-4H3;1,6-7H2,2-5H3;5-6H,7-8H2,1-4H3;4H,5-6H2,1-3H3;4-5H,6-7H2,1-3H3;5H,1,6-7H2,2-4H3/b9-6+;7-6+;;6-5+;;5-4+;. The summed E-state index contributed by atoms with van der Waals surface area (Å²) in [6, 6.07) is 0. The minimum Gasteiger partial charge on any atom is -0.377 e. The van der Waals surface area contributed by atoms with Crippen LogP contribution in [0.4, 0.5) is 13.2 Å². The van der Waals surface area contributed by atoms with E-state index in [1.807, 2.05) is 53.7 Å². The first-order chi connectivity index (χ1) is 32.5. The Bertz CT molecular complexity index is 1320. The molecule has 7 nitrogen and oxygen atoms in total. The first-order valence-electron chi connectivity index (χ1n) is 26.0. The number of halogens is 3. The molecular formula is C62H121F3O7. The quantitative estimate of drug-likeness (QED) is 0.0791. The summed E-state index contributed by atoms with van der Waals surface area (Å²) in [5.41, 5.74) is 4.03. The van der Waals surface area contributed by atoms with Crippen LogP contribution in [0.1, 0.15) is 186 Å². The molecule has 10 heteroatoms. The number of hydrogen-bond acceptors (Lipinski definition) is 7. The molecule has 0 heterocycles. The molecule has 0 amide bonds. The molecule has 0 aromatic heterocycles. The van der Waals surface area contributed by atoms with Gasteiger partial charge < -0.3 is 33.2 Å². The van der Waals surface area contributed by atoms with E-state index < -0.39 is 6.08 Å². The van der Waals surface area contributed by atoms with Gasteiger partial charge >= 0.3 is 0 Å². The number of hydrogen-bond donors (Lipinski definition) is 0. The lowest BCUT2D eigenvalue weighted by molar-refractivity contribution is 0.0867. The van der Waals surface area contributed by atoms with Crippen LogP contribution in [0.2, 0.25) is 0 Å². The van der Waals surface area contributed by atoms with Gasteiger partial charge in [0.2, 0.25) is 0 Å². The first-order valence-corrected chi connectivity index (χ1v) is 26.0. The zero-order chi connectivity index (χ0) is 58.2. The van der Waals surface area contributed by atoms with Gasteiger partial charge in [-0.15, -0.1) is 6.58 Å². The third kappa shape index (κ3) is 122. The van der Waals surface area contributed by atoms with Crippen molar-refractivity contribution in [2.75, 3.05) is 92.5 Å². The van der Waals surface area contributed by atoms with Crippen LogP contribution in [0.3, 0.4) is 0 Å². The van der Waals surface area contributed by atoms with Crippen molar-refractivity contribution in [3.05, 3.63) is 85.3 Å². The van der Waals surface area contributed by atoms with Crippen molar-refractivity contribution in [1.82, 2.24) is 0 Å². The smallest absolute Gasteiger partial charge is 0.268 e. The number of allylic oxidation sites excluding steroid dienone is 3. The van der Waals surface area contributed by atoms with Crippen molar-refractivity contribution < 1.29 is 46.3 Å². The largest absolute Gasteiger partial charge is 0.377 e. The van der Waals surface area contributed by atoms with E-state index in [4.69, 9.17) is 33.2 Å². The van der Waals surface area contributed by atoms with Crippen molar-refractivity contribution in [2.45, 2.75) is 186 Å². The Kier molecular flexibility index (Phi) is 57.6. The highest BCUT2D eigenvalue weighted by Gasteiger charge is 2.13. The summed E-state index contributed by atoms with van der Waals surface area (Å²) in [6.07, 6.45) is 14.1. The summed E-state index contributed by atoms with van der Waals surface area (Å²) in [5.74, 6) is 0. The summed E-state index contributed by atoms with van der Waals surface area (Å²) in [5, 5.41) is 0. The molecule has 432 valence electrons. The van der Waals surface area contributed by atoms with Crippen LogP contribution in [-0.4, -0.2) is 92.5 Å².